The van der Waals surface area contributed by atoms with Crippen LogP contribution in [-0.4, -0.2) is 9.97 Å². The fourth-order valence-corrected chi connectivity index (χ4v) is 7.33. The lowest BCUT2D eigenvalue weighted by molar-refractivity contribution is 0.669. The van der Waals surface area contributed by atoms with Gasteiger partial charge in [-0.25, -0.2) is 9.97 Å². The average Bonchev–Trinajstić information content (AvgIpc) is 3.59. The minimum absolute atomic E-state index is 0.659. The van der Waals surface area contributed by atoms with Gasteiger partial charge in [-0.2, -0.15) is 0 Å². The van der Waals surface area contributed by atoms with Gasteiger partial charge in [0.15, 0.2) is 5.82 Å². The van der Waals surface area contributed by atoms with Gasteiger partial charge < -0.3 is 4.42 Å². The molecule has 0 unspecified atom stereocenters. The van der Waals surface area contributed by atoms with Crippen molar-refractivity contribution in [3.8, 4) is 56.2 Å². The third kappa shape index (κ3) is 5.15. The van der Waals surface area contributed by atoms with E-state index in [0.29, 0.717) is 5.82 Å². The van der Waals surface area contributed by atoms with E-state index in [2.05, 4.69) is 164 Å². The Hall–Kier alpha value is -6.84. The van der Waals surface area contributed by atoms with Crippen LogP contribution < -0.4 is 0 Å². The normalized spacial score (nSPS) is 11.5. The second kappa shape index (κ2) is 11.9. The summed E-state index contributed by atoms with van der Waals surface area (Å²) in [6.45, 7) is 0. The Morgan fingerprint density at radius 1 is 0.333 bits per heavy atom. The van der Waals surface area contributed by atoms with Gasteiger partial charge >= 0.3 is 0 Å². The molecular formula is C48H30N2O. The fraction of sp³-hybridized carbons (Fsp3) is 0. The zero-order valence-corrected chi connectivity index (χ0v) is 27.6. The van der Waals surface area contributed by atoms with E-state index in [0.717, 1.165) is 61.1 Å². The second-order valence-corrected chi connectivity index (χ2v) is 13.0. The summed E-state index contributed by atoms with van der Waals surface area (Å²) in [6.07, 6.45) is 0. The Morgan fingerprint density at radius 2 is 0.980 bits per heavy atom. The van der Waals surface area contributed by atoms with E-state index in [1.807, 2.05) is 18.2 Å². The molecule has 0 aliphatic heterocycles. The van der Waals surface area contributed by atoms with Crippen molar-refractivity contribution < 1.29 is 4.42 Å². The lowest BCUT2D eigenvalue weighted by Gasteiger charge is -2.12. The molecule has 0 saturated carbocycles. The van der Waals surface area contributed by atoms with Crippen LogP contribution in [0.25, 0.3) is 99.6 Å². The van der Waals surface area contributed by atoms with Crippen LogP contribution >= 0.6 is 0 Å². The SMILES string of the molecule is c1ccc(-c2ccc3oc4cccc(-c5nc(-c6ccc(-c7cccc8ccccc78)cc6)cc(-c6ccc7ccccc7c6)n5)c4c3c2)cc1. The van der Waals surface area contributed by atoms with Crippen molar-refractivity contribution in [1.82, 2.24) is 9.97 Å². The number of hydrogen-bond acceptors (Lipinski definition) is 3. The number of fused-ring (bicyclic) bond motifs is 5. The maximum Gasteiger partial charge on any atom is 0.161 e. The Kier molecular flexibility index (Phi) is 6.81. The molecule has 3 heteroatoms. The van der Waals surface area contributed by atoms with Gasteiger partial charge in [0.25, 0.3) is 0 Å². The summed E-state index contributed by atoms with van der Waals surface area (Å²) in [5, 5.41) is 6.90. The zero-order chi connectivity index (χ0) is 33.7. The Bertz CT molecular complexity index is 2900. The van der Waals surface area contributed by atoms with Gasteiger partial charge in [0.05, 0.1) is 11.4 Å². The first-order valence-electron chi connectivity index (χ1n) is 17.2. The molecule has 10 rings (SSSR count). The summed E-state index contributed by atoms with van der Waals surface area (Å²) >= 11 is 0. The van der Waals surface area contributed by atoms with Crippen LogP contribution in [0.5, 0.6) is 0 Å². The molecule has 2 aromatic heterocycles. The first-order chi connectivity index (χ1) is 25.2. The zero-order valence-electron chi connectivity index (χ0n) is 27.6. The smallest absolute Gasteiger partial charge is 0.161 e. The second-order valence-electron chi connectivity index (χ2n) is 13.0. The predicted molar refractivity (Wildman–Crippen MR) is 212 cm³/mol. The molecule has 3 nitrogen and oxygen atoms in total. The first kappa shape index (κ1) is 29.1. The number of rotatable bonds is 5. The highest BCUT2D eigenvalue weighted by Gasteiger charge is 2.18. The summed E-state index contributed by atoms with van der Waals surface area (Å²) in [6, 6.07) is 63.9. The van der Waals surface area contributed by atoms with E-state index in [1.165, 1.54) is 32.7 Å². The minimum atomic E-state index is 0.659. The van der Waals surface area contributed by atoms with Gasteiger partial charge in [-0.15, -0.1) is 0 Å². The molecule has 0 bridgehead atoms. The highest BCUT2D eigenvalue weighted by Crippen LogP contribution is 2.39. The minimum Gasteiger partial charge on any atom is -0.456 e. The number of benzene rings is 8. The van der Waals surface area contributed by atoms with E-state index in [4.69, 9.17) is 14.4 Å². The average molecular weight is 651 g/mol. The molecule has 0 radical (unpaired) electrons. The van der Waals surface area contributed by atoms with E-state index in [-0.39, 0.29) is 0 Å². The van der Waals surface area contributed by atoms with Crippen molar-refractivity contribution in [2.45, 2.75) is 0 Å². The van der Waals surface area contributed by atoms with Crippen LogP contribution in [0.2, 0.25) is 0 Å². The lowest BCUT2D eigenvalue weighted by atomic mass is 9.96. The molecule has 238 valence electrons. The lowest BCUT2D eigenvalue weighted by Crippen LogP contribution is -1.96. The van der Waals surface area contributed by atoms with Crippen LogP contribution in [-0.2, 0) is 0 Å². The molecule has 0 aliphatic carbocycles. The maximum absolute atomic E-state index is 6.41. The molecule has 0 aliphatic rings. The quantitative estimate of drug-likeness (QED) is 0.186. The Labute approximate surface area is 295 Å². The molecule has 0 spiro atoms. The number of hydrogen-bond donors (Lipinski definition) is 0. The molecule has 51 heavy (non-hydrogen) atoms. The molecule has 0 N–H and O–H groups in total. The Morgan fingerprint density at radius 3 is 1.84 bits per heavy atom. The van der Waals surface area contributed by atoms with E-state index in [9.17, 15) is 0 Å². The third-order valence-electron chi connectivity index (χ3n) is 9.90. The molecule has 0 amide bonds. The van der Waals surface area contributed by atoms with Gasteiger partial charge in [0.2, 0.25) is 0 Å². The molecule has 0 atom stereocenters. The van der Waals surface area contributed by atoms with E-state index >= 15 is 0 Å². The van der Waals surface area contributed by atoms with Crippen molar-refractivity contribution in [3.05, 3.63) is 182 Å². The molecule has 0 saturated heterocycles. The number of nitrogens with zero attached hydrogens (tertiary/aromatic N) is 2. The standard InChI is InChI=1S/C48H30N2O/c1-2-10-31(11-3-1)37-26-27-45-42(29-37)47-41(18-9-19-46(47)51-45)48-49-43(30-44(50-48)38-25-20-32-12-4-5-14-36(32)28-38)35-23-21-34(22-24-35)40-17-8-15-33-13-6-7-16-39(33)40/h1-30H. The summed E-state index contributed by atoms with van der Waals surface area (Å²) in [4.78, 5) is 10.5. The third-order valence-corrected chi connectivity index (χ3v) is 9.90. The highest BCUT2D eigenvalue weighted by molar-refractivity contribution is 6.13. The van der Waals surface area contributed by atoms with E-state index in [1.54, 1.807) is 0 Å². The van der Waals surface area contributed by atoms with Crippen molar-refractivity contribution >= 4 is 43.5 Å². The van der Waals surface area contributed by atoms with Gasteiger partial charge in [0.1, 0.15) is 11.2 Å². The summed E-state index contributed by atoms with van der Waals surface area (Å²) in [5.74, 6) is 0.659. The summed E-state index contributed by atoms with van der Waals surface area (Å²) in [5.41, 5.74) is 11.1. The van der Waals surface area contributed by atoms with Crippen LogP contribution in [0, 0.1) is 0 Å². The largest absolute Gasteiger partial charge is 0.456 e. The van der Waals surface area contributed by atoms with Crippen LogP contribution in [0.3, 0.4) is 0 Å². The van der Waals surface area contributed by atoms with Crippen molar-refractivity contribution in [1.29, 1.82) is 0 Å². The van der Waals surface area contributed by atoms with Crippen LogP contribution in [0.15, 0.2) is 186 Å². The fourth-order valence-electron chi connectivity index (χ4n) is 7.33. The van der Waals surface area contributed by atoms with Gasteiger partial charge in [-0.3, -0.25) is 0 Å². The highest BCUT2D eigenvalue weighted by atomic mass is 16.3. The van der Waals surface area contributed by atoms with Gasteiger partial charge in [-0.1, -0.05) is 152 Å². The van der Waals surface area contributed by atoms with Crippen LogP contribution in [0.1, 0.15) is 0 Å². The number of aromatic nitrogens is 2. The molecule has 2 heterocycles. The maximum atomic E-state index is 6.41. The first-order valence-corrected chi connectivity index (χ1v) is 17.2. The predicted octanol–water partition coefficient (Wildman–Crippen LogP) is 13.0. The Balaban J connectivity index is 1.16. The summed E-state index contributed by atoms with van der Waals surface area (Å²) in [7, 11) is 0. The molecule has 10 aromatic rings. The molecular weight excluding hydrogens is 621 g/mol. The van der Waals surface area contributed by atoms with Gasteiger partial charge in [-0.05, 0) is 74.1 Å². The van der Waals surface area contributed by atoms with Crippen LogP contribution in [0.4, 0.5) is 0 Å². The van der Waals surface area contributed by atoms with Crippen molar-refractivity contribution in [2.75, 3.05) is 0 Å². The number of furan rings is 1. The van der Waals surface area contributed by atoms with E-state index < -0.39 is 0 Å². The van der Waals surface area contributed by atoms with Crippen molar-refractivity contribution in [3.63, 3.8) is 0 Å². The topological polar surface area (TPSA) is 38.9 Å². The summed E-state index contributed by atoms with van der Waals surface area (Å²) < 4.78 is 6.41. The molecule has 8 aromatic carbocycles. The van der Waals surface area contributed by atoms with Crippen molar-refractivity contribution in [2.24, 2.45) is 0 Å². The van der Waals surface area contributed by atoms with Gasteiger partial charge in [0, 0.05) is 27.5 Å². The monoisotopic (exact) mass is 650 g/mol. The molecule has 0 fully saturated rings.